The van der Waals surface area contributed by atoms with Gasteiger partial charge in [-0.05, 0) is 68.1 Å². The van der Waals surface area contributed by atoms with Gasteiger partial charge in [0.2, 0.25) is 5.91 Å². The second-order valence-electron chi connectivity index (χ2n) is 7.39. The molecule has 5 nitrogen and oxygen atoms in total. The van der Waals surface area contributed by atoms with Crippen LogP contribution in [0.5, 0.6) is 0 Å². The summed E-state index contributed by atoms with van der Waals surface area (Å²) in [4.78, 5) is 26.8. The molecule has 2 aromatic carbocycles. The van der Waals surface area contributed by atoms with Crippen molar-refractivity contribution < 1.29 is 9.59 Å². The van der Waals surface area contributed by atoms with Crippen LogP contribution in [0, 0.1) is 23.2 Å². The first-order valence-corrected chi connectivity index (χ1v) is 9.66. The Morgan fingerprint density at radius 3 is 2.29 bits per heavy atom. The number of nitriles is 1. The molecule has 3 atom stereocenters. The smallest absolute Gasteiger partial charge is 0.254 e. The molecule has 0 radical (unpaired) electrons. The van der Waals surface area contributed by atoms with Crippen molar-refractivity contribution in [1.29, 1.82) is 5.26 Å². The Kier molecular flexibility index (Phi) is 5.79. The average molecular weight is 375 g/mol. The summed E-state index contributed by atoms with van der Waals surface area (Å²) in [5, 5.41) is 11.9. The van der Waals surface area contributed by atoms with Gasteiger partial charge >= 0.3 is 0 Å². The molecule has 0 spiro atoms. The number of nitrogens with one attached hydrogen (secondary N) is 1. The molecular weight excluding hydrogens is 350 g/mol. The summed E-state index contributed by atoms with van der Waals surface area (Å²) in [5.41, 5.74) is 2.88. The molecule has 0 aliphatic heterocycles. The third-order valence-electron chi connectivity index (χ3n) is 5.44. The zero-order valence-electron chi connectivity index (χ0n) is 16.5. The molecule has 0 heterocycles. The normalized spacial score (nSPS) is 18.6. The van der Waals surface area contributed by atoms with E-state index in [1.165, 1.54) is 0 Å². The maximum absolute atomic E-state index is 13.0. The van der Waals surface area contributed by atoms with Crippen LogP contribution in [0.25, 0.3) is 0 Å². The minimum atomic E-state index is -0.110. The maximum Gasteiger partial charge on any atom is 0.254 e. The number of carbonyl (C=O) groups is 2. The Hall–Kier alpha value is -3.13. The van der Waals surface area contributed by atoms with E-state index in [0.717, 1.165) is 12.0 Å². The number of rotatable bonds is 6. The molecule has 1 N–H and O–H groups in total. The molecule has 3 unspecified atom stereocenters. The average Bonchev–Trinajstić information content (AvgIpc) is 3.45. The number of amides is 2. The highest BCUT2D eigenvalue weighted by Crippen LogP contribution is 2.38. The predicted octanol–water partition coefficient (Wildman–Crippen LogP) is 4.38. The molecule has 0 bridgehead atoms. The number of hydrogen-bond acceptors (Lipinski definition) is 3. The van der Waals surface area contributed by atoms with Gasteiger partial charge in [-0.1, -0.05) is 19.1 Å². The highest BCUT2D eigenvalue weighted by Gasteiger charge is 2.39. The minimum absolute atomic E-state index is 0.0520. The van der Waals surface area contributed by atoms with Gasteiger partial charge in [-0.3, -0.25) is 9.59 Å². The zero-order chi connectivity index (χ0) is 20.3. The van der Waals surface area contributed by atoms with Crippen LogP contribution in [0.3, 0.4) is 0 Å². The third-order valence-corrected chi connectivity index (χ3v) is 5.44. The van der Waals surface area contributed by atoms with E-state index in [2.05, 4.69) is 18.3 Å². The van der Waals surface area contributed by atoms with E-state index in [0.29, 0.717) is 29.3 Å². The predicted molar refractivity (Wildman–Crippen MR) is 109 cm³/mol. The van der Waals surface area contributed by atoms with Crippen LogP contribution in [0.2, 0.25) is 0 Å². The minimum Gasteiger partial charge on any atom is -0.332 e. The molecule has 2 aromatic rings. The lowest BCUT2D eigenvalue weighted by Gasteiger charge is -2.28. The molecule has 28 heavy (non-hydrogen) atoms. The fourth-order valence-corrected chi connectivity index (χ4v) is 3.39. The summed E-state index contributed by atoms with van der Waals surface area (Å²) < 4.78 is 0. The number of carbonyl (C=O) groups excluding carboxylic acids is 2. The van der Waals surface area contributed by atoms with Gasteiger partial charge in [0, 0.05) is 23.7 Å². The van der Waals surface area contributed by atoms with Crippen LogP contribution in [0.1, 0.15) is 54.7 Å². The molecule has 5 heteroatoms. The summed E-state index contributed by atoms with van der Waals surface area (Å²) in [5.74, 6) is 0.567. The first-order chi connectivity index (χ1) is 13.4. The first kappa shape index (κ1) is 19.6. The fourth-order valence-electron chi connectivity index (χ4n) is 3.39. The Balaban J connectivity index is 1.69. The van der Waals surface area contributed by atoms with Crippen LogP contribution in [0.4, 0.5) is 5.69 Å². The lowest BCUT2D eigenvalue weighted by molar-refractivity contribution is -0.117. The van der Waals surface area contributed by atoms with Gasteiger partial charge in [-0.25, -0.2) is 0 Å². The summed E-state index contributed by atoms with van der Waals surface area (Å²) in [6, 6.07) is 16.4. The summed E-state index contributed by atoms with van der Waals surface area (Å²) >= 11 is 0. The van der Waals surface area contributed by atoms with Gasteiger partial charge in [-0.2, -0.15) is 5.26 Å². The number of nitrogens with zero attached hydrogens (tertiary/aromatic N) is 2. The van der Waals surface area contributed by atoms with Gasteiger partial charge in [0.05, 0.1) is 17.7 Å². The van der Waals surface area contributed by atoms with Crippen LogP contribution in [-0.4, -0.2) is 23.3 Å². The van der Waals surface area contributed by atoms with Crippen molar-refractivity contribution in [2.75, 3.05) is 11.9 Å². The second kappa shape index (κ2) is 8.26. The van der Waals surface area contributed by atoms with Crippen LogP contribution >= 0.6 is 0 Å². The van der Waals surface area contributed by atoms with Crippen LogP contribution in [0.15, 0.2) is 48.5 Å². The van der Waals surface area contributed by atoms with Crippen LogP contribution in [-0.2, 0) is 4.79 Å². The summed E-state index contributed by atoms with van der Waals surface area (Å²) in [7, 11) is 0. The van der Waals surface area contributed by atoms with Crippen molar-refractivity contribution in [2.24, 2.45) is 11.8 Å². The van der Waals surface area contributed by atoms with E-state index in [4.69, 9.17) is 5.26 Å². The van der Waals surface area contributed by atoms with Crippen LogP contribution < -0.4 is 5.32 Å². The van der Waals surface area contributed by atoms with Crippen molar-refractivity contribution in [2.45, 2.75) is 33.2 Å². The van der Waals surface area contributed by atoms with Gasteiger partial charge in [-0.15, -0.1) is 0 Å². The quantitative estimate of drug-likeness (QED) is 0.814. The van der Waals surface area contributed by atoms with E-state index < -0.39 is 0 Å². The van der Waals surface area contributed by atoms with Gasteiger partial charge in [0.1, 0.15) is 0 Å². The molecule has 2 amide bonds. The maximum atomic E-state index is 13.0. The van der Waals surface area contributed by atoms with E-state index in [1.54, 1.807) is 41.3 Å². The number of anilines is 1. The Morgan fingerprint density at radius 2 is 1.79 bits per heavy atom. The Bertz CT molecular complexity index is 897. The largest absolute Gasteiger partial charge is 0.332 e. The van der Waals surface area contributed by atoms with Crippen molar-refractivity contribution in [3.05, 3.63) is 65.2 Å². The van der Waals surface area contributed by atoms with E-state index in [-0.39, 0.29) is 23.8 Å². The number of hydrogen-bond donors (Lipinski definition) is 1. The third kappa shape index (κ3) is 4.23. The monoisotopic (exact) mass is 375 g/mol. The summed E-state index contributed by atoms with van der Waals surface area (Å²) in [6.45, 7) is 6.57. The van der Waals surface area contributed by atoms with Crippen molar-refractivity contribution in [3.63, 3.8) is 0 Å². The summed E-state index contributed by atoms with van der Waals surface area (Å²) in [6.07, 6.45) is 0.946. The van der Waals surface area contributed by atoms with E-state index in [9.17, 15) is 9.59 Å². The van der Waals surface area contributed by atoms with Gasteiger partial charge < -0.3 is 10.2 Å². The Labute approximate surface area is 166 Å². The van der Waals surface area contributed by atoms with Gasteiger partial charge in [0.15, 0.2) is 0 Å². The second-order valence-corrected chi connectivity index (χ2v) is 7.39. The van der Waals surface area contributed by atoms with E-state index >= 15 is 0 Å². The highest BCUT2D eigenvalue weighted by molar-refractivity contribution is 5.97. The Morgan fingerprint density at radius 1 is 1.18 bits per heavy atom. The topological polar surface area (TPSA) is 73.2 Å². The molecule has 1 aliphatic carbocycles. The highest BCUT2D eigenvalue weighted by atomic mass is 16.2. The number of benzene rings is 2. The molecule has 1 fully saturated rings. The van der Waals surface area contributed by atoms with Crippen molar-refractivity contribution in [3.8, 4) is 6.07 Å². The van der Waals surface area contributed by atoms with E-state index in [1.807, 2.05) is 26.0 Å². The standard InChI is InChI=1S/C23H25N3O2/c1-4-26(16(3)18-7-5-17(14-24)6-8-18)23(28)19-9-11-20(12-10-19)25-22(27)21-13-15(21)2/h5-12,15-16,21H,4,13H2,1-3H3,(H,25,27). The lowest BCUT2D eigenvalue weighted by Crippen LogP contribution is -2.33. The zero-order valence-corrected chi connectivity index (χ0v) is 16.5. The molecule has 1 aliphatic rings. The molecule has 144 valence electrons. The van der Waals surface area contributed by atoms with Crippen molar-refractivity contribution in [1.82, 2.24) is 4.90 Å². The molecule has 1 saturated carbocycles. The van der Waals surface area contributed by atoms with Gasteiger partial charge in [0.25, 0.3) is 5.91 Å². The molecule has 0 saturated heterocycles. The molecule has 0 aromatic heterocycles. The lowest BCUT2D eigenvalue weighted by atomic mass is 10.0. The SMILES string of the molecule is CCN(C(=O)c1ccc(NC(=O)C2CC2C)cc1)C(C)c1ccc(C#N)cc1. The van der Waals surface area contributed by atoms with Crippen molar-refractivity contribution >= 4 is 17.5 Å². The molecular formula is C23H25N3O2. The fraction of sp³-hybridized carbons (Fsp3) is 0.348. The first-order valence-electron chi connectivity index (χ1n) is 9.66. The molecule has 3 rings (SSSR count).